The molecule has 8 heteroatoms. The molecular formula is C12H16F3N3OS. The van der Waals surface area contributed by atoms with Gasteiger partial charge in [0.1, 0.15) is 16.5 Å². The Labute approximate surface area is 120 Å². The predicted octanol–water partition coefficient (Wildman–Crippen LogP) is 2.57. The largest absolute Gasteiger partial charge is 0.433 e. The summed E-state index contributed by atoms with van der Waals surface area (Å²) in [5, 5.41) is 2.84. The van der Waals surface area contributed by atoms with Crippen LogP contribution in [0.3, 0.4) is 0 Å². The van der Waals surface area contributed by atoms with E-state index in [1.54, 1.807) is 6.92 Å². The van der Waals surface area contributed by atoms with E-state index in [0.29, 0.717) is 13.2 Å². The lowest BCUT2D eigenvalue weighted by molar-refractivity contribution is -0.141. The molecule has 1 unspecified atom stereocenters. The molecule has 4 nitrogen and oxygen atoms in total. The Bertz CT molecular complexity index is 480. The minimum atomic E-state index is -4.52. The minimum absolute atomic E-state index is 0.0135. The maximum absolute atomic E-state index is 12.7. The van der Waals surface area contributed by atoms with Gasteiger partial charge in [0, 0.05) is 12.6 Å². The number of hydrogen-bond acceptors (Lipinski definition) is 4. The van der Waals surface area contributed by atoms with Gasteiger partial charge in [0.2, 0.25) is 0 Å². The van der Waals surface area contributed by atoms with Gasteiger partial charge in [-0.25, -0.2) is 4.98 Å². The van der Waals surface area contributed by atoms with Gasteiger partial charge in [-0.1, -0.05) is 12.2 Å². The zero-order valence-corrected chi connectivity index (χ0v) is 11.9. The molecule has 1 atom stereocenters. The highest BCUT2D eigenvalue weighted by Gasteiger charge is 2.33. The van der Waals surface area contributed by atoms with Crippen LogP contribution in [0.4, 0.5) is 19.0 Å². The first-order valence-corrected chi connectivity index (χ1v) is 6.38. The monoisotopic (exact) mass is 307 g/mol. The fourth-order valence-corrected chi connectivity index (χ4v) is 1.66. The first kappa shape index (κ1) is 16.6. The van der Waals surface area contributed by atoms with Gasteiger partial charge < -0.3 is 15.8 Å². The number of nitrogens with two attached hydrogens (primary N) is 1. The molecule has 0 aliphatic rings. The number of ether oxygens (including phenoxy) is 1. The third-order valence-corrected chi connectivity index (χ3v) is 2.63. The van der Waals surface area contributed by atoms with Gasteiger partial charge in [0.25, 0.3) is 0 Å². The average molecular weight is 307 g/mol. The maximum atomic E-state index is 12.7. The van der Waals surface area contributed by atoms with Crippen molar-refractivity contribution in [2.45, 2.75) is 26.1 Å². The van der Waals surface area contributed by atoms with Crippen molar-refractivity contribution < 1.29 is 17.9 Å². The number of alkyl halides is 3. The van der Waals surface area contributed by atoms with Crippen molar-refractivity contribution in [2.24, 2.45) is 5.73 Å². The molecular weight excluding hydrogens is 291 g/mol. The SMILES string of the molecule is CCOCC(C)Nc1nc(C(F)(F)F)ccc1C(N)=S. The molecule has 0 spiro atoms. The third kappa shape index (κ3) is 4.61. The number of halogens is 3. The molecule has 112 valence electrons. The zero-order chi connectivity index (χ0) is 15.3. The molecule has 0 amide bonds. The predicted molar refractivity (Wildman–Crippen MR) is 74.7 cm³/mol. The second-order valence-electron chi connectivity index (χ2n) is 4.16. The van der Waals surface area contributed by atoms with E-state index in [9.17, 15) is 13.2 Å². The molecule has 0 saturated carbocycles. The van der Waals surface area contributed by atoms with Crippen LogP contribution in [0.5, 0.6) is 0 Å². The Morgan fingerprint density at radius 3 is 2.65 bits per heavy atom. The van der Waals surface area contributed by atoms with Crippen LogP contribution in [0, 0.1) is 0 Å². The summed E-state index contributed by atoms with van der Waals surface area (Å²) in [5.41, 5.74) is 4.77. The molecule has 20 heavy (non-hydrogen) atoms. The molecule has 1 aromatic heterocycles. The molecule has 0 aliphatic heterocycles. The Kier molecular flexibility index (Phi) is 5.70. The third-order valence-electron chi connectivity index (χ3n) is 2.41. The first-order chi connectivity index (χ1) is 9.25. The van der Waals surface area contributed by atoms with Crippen LogP contribution >= 0.6 is 12.2 Å². The number of nitrogens with zero attached hydrogens (tertiary/aromatic N) is 1. The van der Waals surface area contributed by atoms with Crippen molar-refractivity contribution in [3.05, 3.63) is 23.4 Å². The standard InChI is InChI=1S/C12H16F3N3OS/c1-3-19-6-7(2)17-11-8(10(16)20)4-5-9(18-11)12(13,14)15/h4-5,7H,3,6H2,1-2H3,(H2,16,20)(H,17,18). The minimum Gasteiger partial charge on any atom is -0.389 e. The van der Waals surface area contributed by atoms with Crippen molar-refractivity contribution in [2.75, 3.05) is 18.5 Å². The first-order valence-electron chi connectivity index (χ1n) is 5.98. The Balaban J connectivity index is 3.03. The van der Waals surface area contributed by atoms with Gasteiger partial charge >= 0.3 is 6.18 Å². The lowest BCUT2D eigenvalue weighted by Crippen LogP contribution is -2.25. The van der Waals surface area contributed by atoms with Crippen molar-refractivity contribution in [1.29, 1.82) is 0 Å². The normalized spacial score (nSPS) is 13.1. The summed E-state index contributed by atoms with van der Waals surface area (Å²) in [6, 6.07) is 1.85. The van der Waals surface area contributed by atoms with E-state index < -0.39 is 11.9 Å². The lowest BCUT2D eigenvalue weighted by atomic mass is 10.2. The van der Waals surface area contributed by atoms with Gasteiger partial charge in [-0.15, -0.1) is 0 Å². The van der Waals surface area contributed by atoms with Gasteiger partial charge in [0.15, 0.2) is 0 Å². The molecule has 1 heterocycles. The van der Waals surface area contributed by atoms with E-state index >= 15 is 0 Å². The smallest absolute Gasteiger partial charge is 0.389 e. The van der Waals surface area contributed by atoms with Crippen LogP contribution in [0.2, 0.25) is 0 Å². The van der Waals surface area contributed by atoms with E-state index in [4.69, 9.17) is 22.7 Å². The highest BCUT2D eigenvalue weighted by atomic mass is 32.1. The Morgan fingerprint density at radius 1 is 1.50 bits per heavy atom. The van der Waals surface area contributed by atoms with E-state index in [2.05, 4.69) is 10.3 Å². The van der Waals surface area contributed by atoms with Crippen molar-refractivity contribution >= 4 is 23.0 Å². The summed E-state index contributed by atoms with van der Waals surface area (Å²) in [6.07, 6.45) is -4.52. The fraction of sp³-hybridized carbons (Fsp3) is 0.500. The van der Waals surface area contributed by atoms with E-state index in [0.717, 1.165) is 6.07 Å². The topological polar surface area (TPSA) is 60.2 Å². The summed E-state index contributed by atoms with van der Waals surface area (Å²) in [6.45, 7) is 4.45. The second kappa shape index (κ2) is 6.85. The van der Waals surface area contributed by atoms with Gasteiger partial charge in [-0.3, -0.25) is 0 Å². The fourth-order valence-electron chi connectivity index (χ4n) is 1.50. The molecule has 0 radical (unpaired) electrons. The van der Waals surface area contributed by atoms with Gasteiger partial charge in [-0.2, -0.15) is 13.2 Å². The van der Waals surface area contributed by atoms with Crippen LogP contribution in [0.1, 0.15) is 25.1 Å². The second-order valence-corrected chi connectivity index (χ2v) is 4.60. The molecule has 3 N–H and O–H groups in total. The maximum Gasteiger partial charge on any atom is 0.433 e. The van der Waals surface area contributed by atoms with E-state index in [-0.39, 0.29) is 22.4 Å². The van der Waals surface area contributed by atoms with E-state index in [1.165, 1.54) is 6.07 Å². The van der Waals surface area contributed by atoms with Crippen LogP contribution in [0.15, 0.2) is 12.1 Å². The number of hydrogen-bond donors (Lipinski definition) is 2. The highest BCUT2D eigenvalue weighted by Crippen LogP contribution is 2.29. The van der Waals surface area contributed by atoms with Gasteiger partial charge in [-0.05, 0) is 26.0 Å². The Morgan fingerprint density at radius 2 is 2.15 bits per heavy atom. The average Bonchev–Trinajstić information content (AvgIpc) is 2.34. The zero-order valence-electron chi connectivity index (χ0n) is 11.1. The number of pyridine rings is 1. The number of rotatable bonds is 6. The number of aromatic nitrogens is 1. The molecule has 1 rings (SSSR count). The Hall–Kier alpha value is -1.41. The quantitative estimate of drug-likeness (QED) is 0.791. The van der Waals surface area contributed by atoms with Crippen LogP contribution in [-0.4, -0.2) is 29.2 Å². The lowest BCUT2D eigenvalue weighted by Gasteiger charge is -2.18. The van der Waals surface area contributed by atoms with Crippen molar-refractivity contribution in [1.82, 2.24) is 4.98 Å². The van der Waals surface area contributed by atoms with E-state index in [1.807, 2.05) is 6.92 Å². The highest BCUT2D eigenvalue weighted by molar-refractivity contribution is 7.80. The molecule has 0 fully saturated rings. The molecule has 1 aromatic rings. The number of anilines is 1. The summed E-state index contributed by atoms with van der Waals surface area (Å²) >= 11 is 4.81. The number of thiocarbonyl (C=S) groups is 1. The summed E-state index contributed by atoms with van der Waals surface area (Å²) < 4.78 is 43.2. The summed E-state index contributed by atoms with van der Waals surface area (Å²) in [5.74, 6) is 0.0135. The van der Waals surface area contributed by atoms with Gasteiger partial charge in [0.05, 0.1) is 12.2 Å². The molecule has 0 aromatic carbocycles. The van der Waals surface area contributed by atoms with Crippen LogP contribution in [0.25, 0.3) is 0 Å². The number of nitrogens with one attached hydrogen (secondary N) is 1. The van der Waals surface area contributed by atoms with Crippen molar-refractivity contribution in [3.63, 3.8) is 0 Å². The van der Waals surface area contributed by atoms with Crippen LogP contribution in [-0.2, 0) is 10.9 Å². The van der Waals surface area contributed by atoms with Crippen molar-refractivity contribution in [3.8, 4) is 0 Å². The molecule has 0 aliphatic carbocycles. The summed E-state index contributed by atoms with van der Waals surface area (Å²) in [4.78, 5) is 3.54. The summed E-state index contributed by atoms with van der Waals surface area (Å²) in [7, 11) is 0. The molecule has 0 bridgehead atoms. The van der Waals surface area contributed by atoms with Crippen LogP contribution < -0.4 is 11.1 Å². The molecule has 0 saturated heterocycles.